The number of carbonyl (C=O) groups is 2. The molecule has 1 unspecified atom stereocenters. The minimum atomic E-state index is -0.947. The number of fused-ring (bicyclic) bond motifs is 1. The quantitative estimate of drug-likeness (QED) is 0.918. The van der Waals surface area contributed by atoms with Crippen molar-refractivity contribution >= 4 is 22.6 Å². The van der Waals surface area contributed by atoms with Gasteiger partial charge >= 0.3 is 5.97 Å². The maximum Gasteiger partial charge on any atom is 0.326 e. The summed E-state index contributed by atoms with van der Waals surface area (Å²) in [7, 11) is 0. The van der Waals surface area contributed by atoms with Crippen molar-refractivity contribution in [3.63, 3.8) is 0 Å². The van der Waals surface area contributed by atoms with Crippen LogP contribution in [0.5, 0.6) is 0 Å². The van der Waals surface area contributed by atoms with Crippen molar-refractivity contribution < 1.29 is 14.7 Å². The van der Waals surface area contributed by atoms with E-state index in [1.54, 1.807) is 6.20 Å². The highest BCUT2D eigenvalue weighted by Crippen LogP contribution is 2.24. The molecule has 0 radical (unpaired) electrons. The van der Waals surface area contributed by atoms with Gasteiger partial charge in [0.05, 0.1) is 0 Å². The number of carbonyl (C=O) groups excluding carboxylic acids is 1. The van der Waals surface area contributed by atoms with Crippen LogP contribution in [0.25, 0.3) is 10.8 Å². The number of aryl methyl sites for hydroxylation is 1. The highest BCUT2D eigenvalue weighted by atomic mass is 16.4. The van der Waals surface area contributed by atoms with Crippen molar-refractivity contribution in [2.75, 3.05) is 6.54 Å². The third-order valence-corrected chi connectivity index (χ3v) is 3.92. The van der Waals surface area contributed by atoms with Crippen LogP contribution < -0.4 is 0 Å². The largest absolute Gasteiger partial charge is 0.480 e. The van der Waals surface area contributed by atoms with Crippen LogP contribution in [0.4, 0.5) is 0 Å². The Bertz CT molecular complexity index is 727. The van der Waals surface area contributed by atoms with Gasteiger partial charge in [-0.3, -0.25) is 9.78 Å². The number of carboxylic acid groups (broad SMARTS) is 1. The first-order valence-corrected chi connectivity index (χ1v) is 6.97. The minimum absolute atomic E-state index is 0.295. The molecule has 1 aromatic heterocycles. The van der Waals surface area contributed by atoms with E-state index in [2.05, 4.69) is 4.98 Å². The van der Waals surface area contributed by atoms with Crippen LogP contribution in [0.15, 0.2) is 30.5 Å². The minimum Gasteiger partial charge on any atom is -0.480 e. The Morgan fingerprint density at radius 3 is 2.90 bits per heavy atom. The fourth-order valence-corrected chi connectivity index (χ4v) is 2.86. The van der Waals surface area contributed by atoms with E-state index in [1.807, 2.05) is 31.2 Å². The molecule has 108 valence electrons. The number of benzene rings is 1. The average Bonchev–Trinajstić information content (AvgIpc) is 2.95. The Labute approximate surface area is 122 Å². The molecule has 0 saturated carbocycles. The average molecular weight is 284 g/mol. The lowest BCUT2D eigenvalue weighted by molar-refractivity contribution is -0.141. The molecule has 5 heteroatoms. The van der Waals surface area contributed by atoms with Crippen LogP contribution in [-0.4, -0.2) is 39.5 Å². The summed E-state index contributed by atoms with van der Waals surface area (Å²) in [5.74, 6) is -1.24. The monoisotopic (exact) mass is 284 g/mol. The first-order chi connectivity index (χ1) is 10.1. The molecular weight excluding hydrogens is 268 g/mol. The Hall–Kier alpha value is -2.43. The van der Waals surface area contributed by atoms with Crippen LogP contribution >= 0.6 is 0 Å². The lowest BCUT2D eigenvalue weighted by Crippen LogP contribution is -2.40. The van der Waals surface area contributed by atoms with E-state index in [9.17, 15) is 14.7 Å². The topological polar surface area (TPSA) is 70.5 Å². The predicted octanol–water partition coefficient (Wildman–Crippen LogP) is 2.23. The summed E-state index contributed by atoms with van der Waals surface area (Å²) < 4.78 is 0. The van der Waals surface area contributed by atoms with Crippen molar-refractivity contribution in [3.8, 4) is 0 Å². The van der Waals surface area contributed by atoms with Gasteiger partial charge in [0.1, 0.15) is 11.7 Å². The molecule has 3 rings (SSSR count). The fraction of sp³-hybridized carbons (Fsp3) is 0.312. The standard InChI is InChI=1S/C16H16N2O3/c1-10-4-5-11-6-7-17-14(12(11)9-10)15(19)18-8-2-3-13(18)16(20)21/h4-7,9,13H,2-3,8H2,1H3,(H,20,21). The molecule has 1 aliphatic heterocycles. The number of rotatable bonds is 2. The highest BCUT2D eigenvalue weighted by molar-refractivity contribution is 6.06. The maximum atomic E-state index is 12.7. The van der Waals surface area contributed by atoms with E-state index < -0.39 is 12.0 Å². The Kier molecular flexibility index (Phi) is 3.33. The fourth-order valence-electron chi connectivity index (χ4n) is 2.86. The zero-order chi connectivity index (χ0) is 15.0. The number of carboxylic acids is 1. The number of aliphatic carboxylic acids is 1. The van der Waals surface area contributed by atoms with Gasteiger partial charge in [0, 0.05) is 18.1 Å². The second-order valence-electron chi connectivity index (χ2n) is 5.38. The molecule has 0 bridgehead atoms. The summed E-state index contributed by atoms with van der Waals surface area (Å²) in [5, 5.41) is 10.9. The molecule has 1 aliphatic rings. The summed E-state index contributed by atoms with van der Waals surface area (Å²) in [5.41, 5.74) is 1.38. The lowest BCUT2D eigenvalue weighted by atomic mass is 10.1. The van der Waals surface area contributed by atoms with Crippen molar-refractivity contribution in [1.29, 1.82) is 0 Å². The van der Waals surface area contributed by atoms with Gasteiger partial charge in [-0.15, -0.1) is 0 Å². The molecule has 1 N–H and O–H groups in total. The number of hydrogen-bond acceptors (Lipinski definition) is 3. The van der Waals surface area contributed by atoms with E-state index in [4.69, 9.17) is 0 Å². The second-order valence-corrected chi connectivity index (χ2v) is 5.38. The van der Waals surface area contributed by atoms with Gasteiger partial charge in [-0.05, 0) is 37.3 Å². The molecule has 2 aromatic rings. The number of likely N-dealkylation sites (tertiary alicyclic amines) is 1. The van der Waals surface area contributed by atoms with Crippen molar-refractivity contribution in [2.24, 2.45) is 0 Å². The SMILES string of the molecule is Cc1ccc2ccnc(C(=O)N3CCCC3C(=O)O)c2c1. The summed E-state index contributed by atoms with van der Waals surface area (Å²) in [6.45, 7) is 2.43. The van der Waals surface area contributed by atoms with E-state index in [0.717, 1.165) is 16.3 Å². The molecule has 1 fully saturated rings. The first-order valence-electron chi connectivity index (χ1n) is 6.97. The highest BCUT2D eigenvalue weighted by Gasteiger charge is 2.35. The third-order valence-electron chi connectivity index (χ3n) is 3.92. The predicted molar refractivity (Wildman–Crippen MR) is 78.2 cm³/mol. The van der Waals surface area contributed by atoms with Gasteiger partial charge in [-0.2, -0.15) is 0 Å². The van der Waals surface area contributed by atoms with Crippen LogP contribution in [0.2, 0.25) is 0 Å². The molecule has 1 atom stereocenters. The van der Waals surface area contributed by atoms with Crippen LogP contribution in [-0.2, 0) is 4.79 Å². The number of aromatic nitrogens is 1. The molecule has 1 saturated heterocycles. The molecule has 5 nitrogen and oxygen atoms in total. The molecule has 0 aliphatic carbocycles. The van der Waals surface area contributed by atoms with Crippen LogP contribution in [0.3, 0.4) is 0 Å². The van der Waals surface area contributed by atoms with Crippen LogP contribution in [0, 0.1) is 6.92 Å². The lowest BCUT2D eigenvalue weighted by Gasteiger charge is -2.21. The molecule has 2 heterocycles. The van der Waals surface area contributed by atoms with E-state index in [-0.39, 0.29) is 5.91 Å². The molecule has 21 heavy (non-hydrogen) atoms. The Morgan fingerprint density at radius 1 is 1.33 bits per heavy atom. The molecular formula is C16H16N2O3. The summed E-state index contributed by atoms with van der Waals surface area (Å²) in [4.78, 5) is 29.6. The third kappa shape index (κ3) is 2.35. The van der Waals surface area contributed by atoms with E-state index >= 15 is 0 Å². The summed E-state index contributed by atoms with van der Waals surface area (Å²) in [6, 6.07) is 6.96. The van der Waals surface area contributed by atoms with Crippen molar-refractivity contribution in [1.82, 2.24) is 9.88 Å². The van der Waals surface area contributed by atoms with Gasteiger partial charge in [0.2, 0.25) is 0 Å². The number of nitrogens with zero attached hydrogens (tertiary/aromatic N) is 2. The second kappa shape index (κ2) is 5.16. The number of hydrogen-bond donors (Lipinski definition) is 1. The summed E-state index contributed by atoms with van der Waals surface area (Å²) >= 11 is 0. The Balaban J connectivity index is 2.06. The maximum absolute atomic E-state index is 12.7. The smallest absolute Gasteiger partial charge is 0.326 e. The zero-order valence-electron chi connectivity index (χ0n) is 11.7. The Morgan fingerprint density at radius 2 is 2.14 bits per heavy atom. The van der Waals surface area contributed by atoms with E-state index in [0.29, 0.717) is 25.1 Å². The van der Waals surface area contributed by atoms with Gasteiger partial charge < -0.3 is 10.0 Å². The van der Waals surface area contributed by atoms with Gasteiger partial charge in [0.15, 0.2) is 0 Å². The van der Waals surface area contributed by atoms with Crippen molar-refractivity contribution in [3.05, 3.63) is 41.7 Å². The molecule has 0 spiro atoms. The summed E-state index contributed by atoms with van der Waals surface area (Å²) in [6.07, 6.45) is 2.81. The van der Waals surface area contributed by atoms with E-state index in [1.165, 1.54) is 4.90 Å². The number of pyridine rings is 1. The van der Waals surface area contributed by atoms with Crippen LogP contribution in [0.1, 0.15) is 28.9 Å². The zero-order valence-corrected chi connectivity index (χ0v) is 11.7. The van der Waals surface area contributed by atoms with Gasteiger partial charge in [0.25, 0.3) is 5.91 Å². The van der Waals surface area contributed by atoms with Gasteiger partial charge in [-0.1, -0.05) is 17.7 Å². The number of amides is 1. The van der Waals surface area contributed by atoms with Crippen molar-refractivity contribution in [2.45, 2.75) is 25.8 Å². The molecule has 1 amide bonds. The molecule has 1 aromatic carbocycles. The van der Waals surface area contributed by atoms with Gasteiger partial charge in [-0.25, -0.2) is 4.79 Å². The first kappa shape index (κ1) is 13.5. The normalized spacial score (nSPS) is 18.1.